The molecule has 8 bridgehead atoms. The van der Waals surface area contributed by atoms with Gasteiger partial charge in [-0.1, -0.05) is 168 Å². The van der Waals surface area contributed by atoms with Gasteiger partial charge in [-0.25, -0.2) is 4.98 Å². The second kappa shape index (κ2) is 14.4. The van der Waals surface area contributed by atoms with Crippen LogP contribution in [-0.4, -0.2) is 17.5 Å². The summed E-state index contributed by atoms with van der Waals surface area (Å²) in [6.45, 7) is 0.616. The van der Waals surface area contributed by atoms with Gasteiger partial charge in [0, 0.05) is 22.4 Å². The van der Waals surface area contributed by atoms with E-state index >= 15 is 0 Å². The average molecular weight is 790 g/mol. The van der Waals surface area contributed by atoms with Crippen molar-refractivity contribution in [2.45, 2.75) is 12.8 Å². The van der Waals surface area contributed by atoms with E-state index in [0.29, 0.717) is 24.1 Å². The molecule has 2 aliphatic heterocycles. The molecule has 3 aliphatic rings. The van der Waals surface area contributed by atoms with Crippen molar-refractivity contribution >= 4 is 45.8 Å². The molecule has 1 aliphatic carbocycles. The van der Waals surface area contributed by atoms with E-state index in [1.807, 2.05) is 36.4 Å². The molecule has 0 atom stereocenters. The maximum Gasteiger partial charge on any atom is 0.134 e. The Balaban J connectivity index is 0.00000384. The van der Waals surface area contributed by atoms with Crippen LogP contribution in [0.5, 0.6) is 0 Å². The van der Waals surface area contributed by atoms with Crippen molar-refractivity contribution in [2.75, 3.05) is 6.61 Å². The molecule has 1 saturated carbocycles. The zero-order valence-corrected chi connectivity index (χ0v) is 30.7. The summed E-state index contributed by atoms with van der Waals surface area (Å²) in [5.41, 5.74) is 14.3. The molecule has 0 N–H and O–H groups in total. The number of ether oxygens (including phenoxy) is 1. The van der Waals surface area contributed by atoms with E-state index in [2.05, 4.69) is 127 Å². The molecule has 6 heteroatoms. The second-order valence-corrected chi connectivity index (χ2v) is 13.6. The van der Waals surface area contributed by atoms with Crippen LogP contribution in [0.1, 0.15) is 29.8 Å². The molecule has 4 aromatic carbocycles. The second-order valence-electron chi connectivity index (χ2n) is 13.6. The molecule has 1 fully saturated rings. The zero-order chi connectivity index (χ0) is 35.1. The van der Waals surface area contributed by atoms with Crippen LogP contribution in [0.4, 0.5) is 5.69 Å². The van der Waals surface area contributed by atoms with Crippen LogP contribution in [0, 0.1) is 12.0 Å². The number of fused-ring (bicyclic) bond motifs is 8. The Morgan fingerprint density at radius 3 is 1.39 bits per heavy atom. The summed E-state index contributed by atoms with van der Waals surface area (Å²) in [6.07, 6.45) is 6.55. The molecular formula is C48H33AgN4O-3. The standard InChI is InChI=1S/C48H33N4O.Ag/c1-5-13-32(14-6-1)44-36-29-43(52-48(36)53-30-31-21-22-31)47(35-19-11-4-12-20-35)42-28-27-41(51-42)46(34-17-9-3-10-18-34)40-26-25-39(50-40)45(33-15-7-2-8-16-33)38-24-23-37(44)49-38;/h1-20,23-28,31H,21-22,30H2;/q-3;. The van der Waals surface area contributed by atoms with Crippen molar-refractivity contribution in [3.05, 3.63) is 169 Å². The van der Waals surface area contributed by atoms with Gasteiger partial charge in [0.1, 0.15) is 5.90 Å². The van der Waals surface area contributed by atoms with Crippen LogP contribution in [0.25, 0.3) is 78.7 Å². The molecule has 7 aromatic rings. The van der Waals surface area contributed by atoms with Gasteiger partial charge < -0.3 is 14.7 Å². The normalized spacial score (nSPS) is 13.3. The van der Waals surface area contributed by atoms with Gasteiger partial charge in [0.2, 0.25) is 0 Å². The van der Waals surface area contributed by atoms with Crippen molar-refractivity contribution in [3.63, 3.8) is 0 Å². The molecule has 10 rings (SSSR count). The topological polar surface area (TPSA) is 62.7 Å². The first kappa shape index (κ1) is 33.8. The molecule has 0 saturated heterocycles. The summed E-state index contributed by atoms with van der Waals surface area (Å²) in [4.78, 5) is 21.4. The van der Waals surface area contributed by atoms with E-state index in [-0.39, 0.29) is 22.4 Å². The van der Waals surface area contributed by atoms with E-state index in [0.717, 1.165) is 83.5 Å². The first-order chi connectivity index (χ1) is 26.3. The van der Waals surface area contributed by atoms with Gasteiger partial charge in [-0.15, -0.1) is 22.7 Å². The fourth-order valence-electron chi connectivity index (χ4n) is 7.25. The molecule has 0 amide bonds. The predicted molar refractivity (Wildman–Crippen MR) is 216 cm³/mol. The minimum absolute atomic E-state index is 0. The molecule has 0 unspecified atom stereocenters. The summed E-state index contributed by atoms with van der Waals surface area (Å²) in [5.74, 6) is 1.10. The van der Waals surface area contributed by atoms with Crippen LogP contribution < -0.4 is 9.97 Å². The predicted octanol–water partition coefficient (Wildman–Crippen LogP) is 11.3. The fourth-order valence-corrected chi connectivity index (χ4v) is 7.25. The van der Waals surface area contributed by atoms with Crippen molar-refractivity contribution in [3.8, 4) is 44.5 Å². The maximum atomic E-state index is 6.62. The number of hydrogen-bond acceptors (Lipinski definition) is 3. The minimum atomic E-state index is 0. The van der Waals surface area contributed by atoms with Crippen molar-refractivity contribution in [2.24, 2.45) is 10.9 Å². The minimum Gasteiger partial charge on any atom is -0.665 e. The van der Waals surface area contributed by atoms with E-state index in [1.54, 1.807) is 0 Å². The van der Waals surface area contributed by atoms with Crippen LogP contribution in [0.2, 0.25) is 0 Å². The van der Waals surface area contributed by atoms with Gasteiger partial charge in [-0.3, -0.25) is 4.99 Å². The molecular weight excluding hydrogens is 756 g/mol. The molecule has 3 aromatic heterocycles. The van der Waals surface area contributed by atoms with Gasteiger partial charge in [0.15, 0.2) is 0 Å². The SMILES string of the molecule is [Ag].[c-]1c2c(-c3ccccc3)c3ccc([n-]3)c(-c3ccccc3)c3nc(c(-c4ccccc4)c4ccc([n-]4)c(-c4ccccc4)c1C(OCC1CC1)=N2)C=C3. The third-order valence-corrected chi connectivity index (χ3v) is 10.0. The Labute approximate surface area is 329 Å². The summed E-state index contributed by atoms with van der Waals surface area (Å²) in [7, 11) is 0. The van der Waals surface area contributed by atoms with E-state index in [4.69, 9.17) is 24.7 Å². The first-order valence-electron chi connectivity index (χ1n) is 18.1. The first-order valence-corrected chi connectivity index (χ1v) is 18.1. The number of rotatable bonds is 6. The summed E-state index contributed by atoms with van der Waals surface area (Å²) in [6, 6.07) is 53.7. The van der Waals surface area contributed by atoms with Crippen molar-refractivity contribution < 1.29 is 27.1 Å². The average Bonchev–Trinajstić information content (AvgIpc) is 3.59. The Morgan fingerprint density at radius 2 is 0.926 bits per heavy atom. The summed E-state index contributed by atoms with van der Waals surface area (Å²) >= 11 is 0. The van der Waals surface area contributed by atoms with Gasteiger partial charge in [-0.05, 0) is 58.9 Å². The van der Waals surface area contributed by atoms with Gasteiger partial charge >= 0.3 is 0 Å². The number of benzene rings is 4. The number of hydrogen-bond donors (Lipinski definition) is 0. The van der Waals surface area contributed by atoms with Crippen LogP contribution in [-0.2, 0) is 27.1 Å². The Kier molecular flexibility index (Phi) is 9.05. The van der Waals surface area contributed by atoms with Gasteiger partial charge in [0.25, 0.3) is 0 Å². The Bertz CT molecular complexity index is 2710. The largest absolute Gasteiger partial charge is 0.665 e. The van der Waals surface area contributed by atoms with Crippen LogP contribution in [0.3, 0.4) is 0 Å². The fraction of sp³-hybridized carbons (Fsp3) is 0.0833. The van der Waals surface area contributed by atoms with Crippen molar-refractivity contribution in [1.82, 2.24) is 15.0 Å². The molecule has 54 heavy (non-hydrogen) atoms. The summed E-state index contributed by atoms with van der Waals surface area (Å²) < 4.78 is 6.62. The Morgan fingerprint density at radius 1 is 0.519 bits per heavy atom. The number of aromatic nitrogens is 3. The van der Waals surface area contributed by atoms with E-state index < -0.39 is 0 Å². The number of aliphatic imine (C=N–C) groups is 1. The smallest absolute Gasteiger partial charge is 0.134 e. The molecule has 265 valence electrons. The van der Waals surface area contributed by atoms with Crippen LogP contribution >= 0.6 is 0 Å². The third-order valence-electron chi connectivity index (χ3n) is 10.0. The summed E-state index contributed by atoms with van der Waals surface area (Å²) in [5, 5.41) is 0. The third kappa shape index (κ3) is 6.37. The molecule has 1 radical (unpaired) electrons. The van der Waals surface area contributed by atoms with E-state index in [9.17, 15) is 0 Å². The maximum absolute atomic E-state index is 6.62. The van der Waals surface area contributed by atoms with Crippen LogP contribution in [0.15, 0.2) is 151 Å². The quantitative estimate of drug-likeness (QED) is 0.124. The molecule has 5 heterocycles. The van der Waals surface area contributed by atoms with E-state index in [1.165, 1.54) is 12.8 Å². The number of nitrogens with zero attached hydrogens (tertiary/aromatic N) is 4. The molecule has 5 nitrogen and oxygen atoms in total. The molecule has 0 spiro atoms. The van der Waals surface area contributed by atoms with Crippen molar-refractivity contribution in [1.29, 1.82) is 0 Å². The van der Waals surface area contributed by atoms with Gasteiger partial charge in [-0.2, -0.15) is 11.0 Å². The monoisotopic (exact) mass is 788 g/mol. The Hall–Kier alpha value is -5.98. The zero-order valence-electron chi connectivity index (χ0n) is 29.2. The van der Waals surface area contributed by atoms with Gasteiger partial charge in [0.05, 0.1) is 18.0 Å².